The van der Waals surface area contributed by atoms with Crippen LogP contribution in [-0.4, -0.2) is 44.1 Å². The van der Waals surface area contributed by atoms with Gasteiger partial charge in [0, 0.05) is 20.9 Å². The summed E-state index contributed by atoms with van der Waals surface area (Å²) in [5.74, 6) is -2.44. The van der Waals surface area contributed by atoms with E-state index in [1.807, 2.05) is 11.4 Å². The first-order valence-electron chi connectivity index (χ1n) is 9.91. The van der Waals surface area contributed by atoms with Crippen molar-refractivity contribution >= 4 is 52.2 Å². The van der Waals surface area contributed by atoms with E-state index in [0.717, 1.165) is 21.2 Å². The van der Waals surface area contributed by atoms with Crippen molar-refractivity contribution < 1.29 is 19.5 Å². The number of imide groups is 1. The molecule has 2 aliphatic carbocycles. The van der Waals surface area contributed by atoms with E-state index in [0.29, 0.717) is 0 Å². The topological polar surface area (TPSA) is 108 Å². The predicted octanol–water partition coefficient (Wildman–Crippen LogP) is 2.44. The number of fused-ring (bicyclic) bond motifs is 9. The molecule has 2 saturated carbocycles. The second kappa shape index (κ2) is 6.30. The number of aromatic nitrogens is 1. The number of amides is 2. The van der Waals surface area contributed by atoms with Crippen LogP contribution in [0, 0.1) is 29.6 Å². The summed E-state index contributed by atoms with van der Waals surface area (Å²) in [6.45, 7) is 1.40. The van der Waals surface area contributed by atoms with Gasteiger partial charge in [0.15, 0.2) is 0 Å². The maximum atomic E-state index is 13.2. The van der Waals surface area contributed by atoms with E-state index in [1.54, 1.807) is 23.1 Å². The van der Waals surface area contributed by atoms with Gasteiger partial charge in [-0.25, -0.2) is 4.79 Å². The lowest BCUT2D eigenvalue weighted by molar-refractivity contribution is -0.154. The Labute approximate surface area is 183 Å². The molecule has 4 aliphatic rings. The van der Waals surface area contributed by atoms with Gasteiger partial charge in [-0.05, 0) is 42.5 Å². The Hall–Kier alpha value is -1.91. The monoisotopic (exact) mass is 462 g/mol. The van der Waals surface area contributed by atoms with Crippen LogP contribution in [0.4, 0.5) is 0 Å². The molecule has 156 valence electrons. The van der Waals surface area contributed by atoms with Gasteiger partial charge in [0.1, 0.15) is 6.04 Å². The molecule has 2 aliphatic heterocycles. The minimum Gasteiger partial charge on any atom is -0.480 e. The van der Waals surface area contributed by atoms with Gasteiger partial charge >= 0.3 is 10.8 Å². The van der Waals surface area contributed by atoms with Gasteiger partial charge in [-0.3, -0.25) is 19.3 Å². The van der Waals surface area contributed by atoms with Crippen LogP contribution in [0.15, 0.2) is 27.3 Å². The first kappa shape index (κ1) is 18.8. The molecule has 8 atom stereocenters. The molecule has 2 amide bonds. The fourth-order valence-corrected chi connectivity index (χ4v) is 10.2. The first-order chi connectivity index (χ1) is 14.4. The number of carbonyl (C=O) groups is 3. The van der Waals surface area contributed by atoms with Gasteiger partial charge in [0.25, 0.3) is 0 Å². The van der Waals surface area contributed by atoms with Crippen LogP contribution in [0.25, 0.3) is 0 Å². The Kier molecular flexibility index (Phi) is 3.96. The second-order valence-corrected chi connectivity index (χ2v) is 11.7. The molecule has 4 heterocycles. The third-order valence-corrected chi connectivity index (χ3v) is 10.9. The molecule has 0 unspecified atom stereocenters. The number of H-pyrrole nitrogens is 1. The maximum absolute atomic E-state index is 13.2. The molecular weight excluding hydrogens is 444 g/mol. The number of nitrogens with zero attached hydrogens (tertiary/aromatic N) is 1. The number of aromatic amines is 1. The summed E-state index contributed by atoms with van der Waals surface area (Å²) in [6.07, 6.45) is 0.811. The van der Waals surface area contributed by atoms with Gasteiger partial charge in [-0.15, -0.1) is 23.1 Å². The third kappa shape index (κ3) is 2.27. The van der Waals surface area contributed by atoms with E-state index in [9.17, 15) is 24.3 Å². The zero-order valence-electron chi connectivity index (χ0n) is 15.8. The van der Waals surface area contributed by atoms with Crippen molar-refractivity contribution in [3.05, 3.63) is 36.9 Å². The zero-order valence-corrected chi connectivity index (χ0v) is 18.3. The Morgan fingerprint density at radius 3 is 2.63 bits per heavy atom. The lowest BCUT2D eigenvalue weighted by Crippen LogP contribution is -2.44. The molecular formula is C20H18N2O5S3. The first-order valence-corrected chi connectivity index (χ1v) is 12.5. The van der Waals surface area contributed by atoms with Crippen LogP contribution in [0.1, 0.15) is 29.0 Å². The number of thiazole rings is 1. The molecule has 7 nitrogen and oxygen atoms in total. The van der Waals surface area contributed by atoms with Crippen LogP contribution in [0.5, 0.6) is 0 Å². The number of thiophene rings is 1. The Bertz CT molecular complexity index is 1140. The number of aliphatic carboxylic acids is 1. The van der Waals surface area contributed by atoms with Gasteiger partial charge in [0.05, 0.1) is 16.9 Å². The van der Waals surface area contributed by atoms with Crippen LogP contribution in [0.2, 0.25) is 0 Å². The van der Waals surface area contributed by atoms with E-state index in [2.05, 4.69) is 11.1 Å². The highest BCUT2D eigenvalue weighted by atomic mass is 32.2. The summed E-state index contributed by atoms with van der Waals surface area (Å²) in [5.41, 5.74) is 0. The van der Waals surface area contributed by atoms with Crippen LogP contribution < -0.4 is 4.87 Å². The number of thioether (sulfide) groups is 1. The smallest absolute Gasteiger partial charge is 0.326 e. The van der Waals surface area contributed by atoms with Crippen molar-refractivity contribution in [2.45, 2.75) is 35.6 Å². The molecule has 30 heavy (non-hydrogen) atoms. The van der Waals surface area contributed by atoms with Gasteiger partial charge in [-0.1, -0.05) is 17.4 Å². The molecule has 10 heteroatoms. The van der Waals surface area contributed by atoms with Gasteiger partial charge < -0.3 is 10.1 Å². The van der Waals surface area contributed by atoms with E-state index >= 15 is 0 Å². The zero-order chi connectivity index (χ0) is 20.9. The van der Waals surface area contributed by atoms with Crippen LogP contribution in [0.3, 0.4) is 0 Å². The fraction of sp³-hybridized carbons (Fsp3) is 0.500. The number of hydrogen-bond acceptors (Lipinski definition) is 7. The SMILES string of the molecule is C[C@H](C(=O)O)N1C(=O)[C@@H]2[C@H]3C[C@@H]([C@@H]2C1=O)[C@@H]1[C@@H](c2cccs2)c2sc(=O)[nH]c2S[C@@H]31. The van der Waals surface area contributed by atoms with Crippen molar-refractivity contribution in [3.63, 3.8) is 0 Å². The molecule has 3 fully saturated rings. The molecule has 2 bridgehead atoms. The normalized spacial score (nSPS) is 37.2. The van der Waals surface area contributed by atoms with Crippen molar-refractivity contribution in [1.29, 1.82) is 0 Å². The number of nitrogens with one attached hydrogen (secondary N) is 1. The van der Waals surface area contributed by atoms with E-state index in [-0.39, 0.29) is 45.6 Å². The largest absolute Gasteiger partial charge is 0.480 e. The fourth-order valence-electron chi connectivity index (χ4n) is 6.32. The molecule has 2 aromatic rings. The standard InChI is InChI=1S/C20H18N2O5S3/c1-6(19(25)26)22-17(23)11-7-5-8(12(11)18(22)24)14-10(7)13(9-3-2-4-28-9)15-16(29-14)21-20(27)30-15/h2-4,6-8,10-14H,5H2,1H3,(H,21,27)(H,25,26)/t6-,7-,8-,10-,11+,12-,13-,14+/m1/s1. The quantitative estimate of drug-likeness (QED) is 0.679. The van der Waals surface area contributed by atoms with E-state index < -0.39 is 23.8 Å². The summed E-state index contributed by atoms with van der Waals surface area (Å²) < 4.78 is 0. The van der Waals surface area contributed by atoms with Crippen molar-refractivity contribution in [2.75, 3.05) is 0 Å². The molecule has 2 aromatic heterocycles. The summed E-state index contributed by atoms with van der Waals surface area (Å²) in [5, 5.41) is 12.4. The van der Waals surface area contributed by atoms with E-state index in [4.69, 9.17) is 0 Å². The molecule has 0 spiro atoms. The Morgan fingerprint density at radius 2 is 1.97 bits per heavy atom. The molecule has 1 saturated heterocycles. The van der Waals surface area contributed by atoms with E-state index in [1.165, 1.54) is 23.1 Å². The average Bonchev–Trinajstić information content (AvgIpc) is 3.48. The summed E-state index contributed by atoms with van der Waals surface area (Å²) in [6, 6.07) is 2.94. The van der Waals surface area contributed by atoms with Crippen molar-refractivity contribution in [3.8, 4) is 0 Å². The number of carboxylic acid groups (broad SMARTS) is 1. The number of rotatable bonds is 3. The molecule has 0 radical (unpaired) electrons. The Balaban J connectivity index is 1.45. The predicted molar refractivity (Wildman–Crippen MR) is 112 cm³/mol. The molecule has 2 N–H and O–H groups in total. The lowest BCUT2D eigenvalue weighted by atomic mass is 9.69. The van der Waals surface area contributed by atoms with Gasteiger partial charge in [-0.2, -0.15) is 0 Å². The van der Waals surface area contributed by atoms with Crippen molar-refractivity contribution in [1.82, 2.24) is 9.88 Å². The highest BCUT2D eigenvalue weighted by Gasteiger charge is 2.70. The minimum atomic E-state index is -1.16. The summed E-state index contributed by atoms with van der Waals surface area (Å²) in [4.78, 5) is 56.1. The summed E-state index contributed by atoms with van der Waals surface area (Å²) >= 11 is 4.54. The van der Waals surface area contributed by atoms with Crippen molar-refractivity contribution in [2.24, 2.45) is 29.6 Å². The molecule has 0 aromatic carbocycles. The minimum absolute atomic E-state index is 0.0245. The van der Waals surface area contributed by atoms with Crippen LogP contribution >= 0.6 is 34.4 Å². The maximum Gasteiger partial charge on any atom is 0.326 e. The van der Waals surface area contributed by atoms with Gasteiger partial charge in [0.2, 0.25) is 11.8 Å². The highest BCUT2D eigenvalue weighted by Crippen LogP contribution is 2.68. The molecule has 6 rings (SSSR count). The Morgan fingerprint density at radius 1 is 1.23 bits per heavy atom. The summed E-state index contributed by atoms with van der Waals surface area (Å²) in [7, 11) is 0. The average molecular weight is 463 g/mol. The third-order valence-electron chi connectivity index (χ3n) is 7.35. The number of carbonyl (C=O) groups excluding carboxylic acids is 2. The number of likely N-dealkylation sites (tertiary alicyclic amines) is 1. The second-order valence-electron chi connectivity index (χ2n) is 8.54. The number of carboxylic acids is 1. The van der Waals surface area contributed by atoms with Crippen LogP contribution in [-0.2, 0) is 14.4 Å². The highest BCUT2D eigenvalue weighted by molar-refractivity contribution is 8.00. The number of hydrogen-bond donors (Lipinski definition) is 2. The lowest BCUT2D eigenvalue weighted by Gasteiger charge is -2.42.